The fourth-order valence-electron chi connectivity index (χ4n) is 5.38. The molecule has 15 nitrogen and oxygen atoms in total. The lowest BCUT2D eigenvalue weighted by Crippen LogP contribution is -2.48. The number of nitrogens with two attached hydrogens (primary N) is 1. The number of primary amides is 1. The van der Waals surface area contributed by atoms with E-state index in [0.717, 1.165) is 18.4 Å². The number of aryl methyl sites for hydroxylation is 1. The van der Waals surface area contributed by atoms with E-state index in [9.17, 15) is 14.4 Å². The molecule has 15 heteroatoms. The van der Waals surface area contributed by atoms with Gasteiger partial charge in [0.2, 0.25) is 5.95 Å². The summed E-state index contributed by atoms with van der Waals surface area (Å²) in [5.74, 6) is -0.605. The molecule has 4 aromatic rings. The molecule has 4 heterocycles. The predicted molar refractivity (Wildman–Crippen MR) is 161 cm³/mol. The maximum Gasteiger partial charge on any atom is 0.273 e. The lowest BCUT2D eigenvalue weighted by molar-refractivity contribution is 0.0303. The molecule has 2 saturated heterocycles. The molecule has 1 atom stereocenters. The van der Waals surface area contributed by atoms with E-state index in [-0.39, 0.29) is 29.4 Å². The number of anilines is 3. The number of fused-ring (bicyclic) bond motifs is 1. The molecule has 228 valence electrons. The van der Waals surface area contributed by atoms with Crippen molar-refractivity contribution in [3.05, 3.63) is 59.3 Å². The first-order chi connectivity index (χ1) is 21.4. The van der Waals surface area contributed by atoms with Gasteiger partial charge in [0.15, 0.2) is 11.5 Å². The Balaban J connectivity index is 1.14. The summed E-state index contributed by atoms with van der Waals surface area (Å²) in [7, 11) is 0. The van der Waals surface area contributed by atoms with Crippen LogP contribution in [0.1, 0.15) is 51.0 Å². The van der Waals surface area contributed by atoms with Crippen LogP contribution in [0.25, 0.3) is 11.0 Å². The van der Waals surface area contributed by atoms with Crippen LogP contribution in [-0.2, 0) is 11.3 Å². The number of amides is 3. The van der Waals surface area contributed by atoms with Crippen molar-refractivity contribution < 1.29 is 19.1 Å². The van der Waals surface area contributed by atoms with E-state index in [4.69, 9.17) is 10.5 Å². The first-order valence-corrected chi connectivity index (χ1v) is 14.6. The largest absolute Gasteiger partial charge is 0.378 e. The molecule has 3 amide bonds. The molecule has 2 fully saturated rings. The number of rotatable bonds is 8. The number of morpholine rings is 1. The van der Waals surface area contributed by atoms with Gasteiger partial charge < -0.3 is 30.9 Å². The summed E-state index contributed by atoms with van der Waals surface area (Å²) < 4.78 is 7.10. The van der Waals surface area contributed by atoms with Crippen LogP contribution in [0.3, 0.4) is 0 Å². The summed E-state index contributed by atoms with van der Waals surface area (Å²) in [6.45, 7) is 5.92. The molecule has 2 aromatic heterocycles. The van der Waals surface area contributed by atoms with Crippen molar-refractivity contribution in [3.63, 3.8) is 0 Å². The third-order valence-electron chi connectivity index (χ3n) is 7.72. The number of aromatic nitrogens is 6. The molecule has 0 bridgehead atoms. The molecule has 2 aromatic carbocycles. The number of carbonyl (C=O) groups is 3. The first-order valence-electron chi connectivity index (χ1n) is 14.6. The van der Waals surface area contributed by atoms with Crippen molar-refractivity contribution in [2.24, 2.45) is 5.73 Å². The second kappa shape index (κ2) is 12.6. The van der Waals surface area contributed by atoms with Crippen molar-refractivity contribution >= 4 is 46.2 Å². The van der Waals surface area contributed by atoms with E-state index in [1.807, 2.05) is 17.9 Å². The second-order valence-corrected chi connectivity index (χ2v) is 10.6. The number of piperidine rings is 1. The van der Waals surface area contributed by atoms with Gasteiger partial charge in [0.25, 0.3) is 17.7 Å². The molecule has 0 saturated carbocycles. The van der Waals surface area contributed by atoms with E-state index in [0.29, 0.717) is 74.2 Å². The smallest absolute Gasteiger partial charge is 0.273 e. The van der Waals surface area contributed by atoms with E-state index in [1.54, 1.807) is 46.0 Å². The molecular formula is C29H33N11O4. The molecule has 1 unspecified atom stereocenters. The third-order valence-corrected chi connectivity index (χ3v) is 7.72. The highest BCUT2D eigenvalue weighted by molar-refractivity contribution is 5.98. The molecule has 4 N–H and O–H groups in total. The number of nitrogens with one attached hydrogen (secondary N) is 2. The summed E-state index contributed by atoms with van der Waals surface area (Å²) in [6.07, 6.45) is 1.57. The Morgan fingerprint density at radius 1 is 1.00 bits per heavy atom. The van der Waals surface area contributed by atoms with Crippen LogP contribution in [0.4, 0.5) is 17.5 Å². The maximum atomic E-state index is 13.1. The van der Waals surface area contributed by atoms with Gasteiger partial charge in [-0.1, -0.05) is 5.21 Å². The van der Waals surface area contributed by atoms with Crippen LogP contribution in [0.2, 0.25) is 0 Å². The summed E-state index contributed by atoms with van der Waals surface area (Å²) >= 11 is 0. The Bertz CT molecular complexity index is 1680. The van der Waals surface area contributed by atoms with Crippen molar-refractivity contribution in [1.29, 1.82) is 0 Å². The normalized spacial score (nSPS) is 17.0. The van der Waals surface area contributed by atoms with Gasteiger partial charge in [0, 0.05) is 55.6 Å². The van der Waals surface area contributed by atoms with Crippen LogP contribution in [-0.4, -0.2) is 98.2 Å². The van der Waals surface area contributed by atoms with Gasteiger partial charge in [-0.25, -0.2) is 4.68 Å². The van der Waals surface area contributed by atoms with Gasteiger partial charge in [0.1, 0.15) is 5.52 Å². The van der Waals surface area contributed by atoms with Gasteiger partial charge in [-0.3, -0.25) is 14.4 Å². The Kier molecular flexibility index (Phi) is 8.27. The van der Waals surface area contributed by atoms with Crippen molar-refractivity contribution in [1.82, 2.24) is 40.4 Å². The number of benzene rings is 2. The minimum absolute atomic E-state index is 0.0692. The maximum absolute atomic E-state index is 13.1. The number of carbonyl (C=O) groups excluding carboxylic acids is 3. The number of hydrogen-bond donors (Lipinski definition) is 3. The topological polar surface area (TPSA) is 186 Å². The highest BCUT2D eigenvalue weighted by Gasteiger charge is 2.26. The van der Waals surface area contributed by atoms with Crippen LogP contribution in [0.15, 0.2) is 42.5 Å². The third kappa shape index (κ3) is 6.13. The zero-order valence-electron chi connectivity index (χ0n) is 24.3. The highest BCUT2D eigenvalue weighted by atomic mass is 16.5. The zero-order chi connectivity index (χ0) is 30.6. The lowest BCUT2D eigenvalue weighted by Gasteiger charge is -2.33. The highest BCUT2D eigenvalue weighted by Crippen LogP contribution is 2.23. The molecule has 0 spiro atoms. The molecular weight excluding hydrogens is 566 g/mol. The lowest BCUT2D eigenvalue weighted by atomic mass is 10.1. The minimum atomic E-state index is -0.780. The van der Waals surface area contributed by atoms with Crippen molar-refractivity contribution in [3.8, 4) is 0 Å². The van der Waals surface area contributed by atoms with E-state index >= 15 is 0 Å². The average molecular weight is 600 g/mol. The van der Waals surface area contributed by atoms with Crippen molar-refractivity contribution in [2.75, 3.05) is 49.6 Å². The fraction of sp³-hybridized carbons (Fsp3) is 0.379. The minimum Gasteiger partial charge on any atom is -0.378 e. The van der Waals surface area contributed by atoms with Gasteiger partial charge in [-0.15, -0.1) is 15.3 Å². The van der Waals surface area contributed by atoms with E-state index in [1.165, 1.54) is 0 Å². The summed E-state index contributed by atoms with van der Waals surface area (Å²) in [5.41, 5.74) is 8.64. The molecule has 44 heavy (non-hydrogen) atoms. The Labute approximate surface area is 252 Å². The van der Waals surface area contributed by atoms with Crippen LogP contribution < -0.4 is 21.3 Å². The number of nitrogens with zero attached hydrogens (tertiary/aromatic N) is 8. The molecule has 6 rings (SSSR count). The van der Waals surface area contributed by atoms with E-state index in [2.05, 4.69) is 36.1 Å². The number of hydrogen-bond acceptors (Lipinski definition) is 11. The van der Waals surface area contributed by atoms with Gasteiger partial charge >= 0.3 is 0 Å². The second-order valence-electron chi connectivity index (χ2n) is 10.6. The predicted octanol–water partition coefficient (Wildman–Crippen LogP) is 1.35. The van der Waals surface area contributed by atoms with Gasteiger partial charge in [-0.2, -0.15) is 4.98 Å². The Hall–Kier alpha value is -5.18. The van der Waals surface area contributed by atoms with Crippen LogP contribution in [0, 0.1) is 0 Å². The molecule has 0 radical (unpaired) electrons. The summed E-state index contributed by atoms with van der Waals surface area (Å²) in [6, 6.07) is 12.1. The monoisotopic (exact) mass is 599 g/mol. The SMILES string of the molecule is CCn1nnc2cc(C(=O)NC3CCCN(c4nnc(C(N)=O)c(Nc5ccc(C(=O)N6CCOCC6)cc5)n4)C3)ccc21. The average Bonchev–Trinajstić information content (AvgIpc) is 3.48. The number of ether oxygens (including phenoxy) is 1. The van der Waals surface area contributed by atoms with Gasteiger partial charge in [0.05, 0.1) is 18.7 Å². The zero-order valence-corrected chi connectivity index (χ0v) is 24.3. The standard InChI is InChI=1S/C29H33N11O4/c1-2-40-23-10-7-19(16-22(23)34-37-40)27(42)32-21-4-3-11-39(17-21)29-33-26(24(25(30)41)35-36-29)31-20-8-5-18(6-9-20)28(43)38-12-14-44-15-13-38/h5-10,16,21H,2-4,11-15,17H2,1H3,(H2,30,41)(H,32,42)(H,31,33,36). The van der Waals surface area contributed by atoms with E-state index < -0.39 is 5.91 Å². The van der Waals surface area contributed by atoms with Crippen molar-refractivity contribution in [2.45, 2.75) is 32.4 Å². The first kappa shape index (κ1) is 28.9. The summed E-state index contributed by atoms with van der Waals surface area (Å²) in [5, 5.41) is 22.7. The Morgan fingerprint density at radius 2 is 1.77 bits per heavy atom. The van der Waals surface area contributed by atoms with Crippen LogP contribution >= 0.6 is 0 Å². The van der Waals surface area contributed by atoms with Crippen LogP contribution in [0.5, 0.6) is 0 Å². The van der Waals surface area contributed by atoms with Gasteiger partial charge in [-0.05, 0) is 62.2 Å². The summed E-state index contributed by atoms with van der Waals surface area (Å²) in [4.78, 5) is 46.3. The molecule has 2 aliphatic rings. The molecule has 2 aliphatic heterocycles. The quantitative estimate of drug-likeness (QED) is 0.265. The molecule has 0 aliphatic carbocycles. The fourth-order valence-corrected chi connectivity index (χ4v) is 5.38. The Morgan fingerprint density at radius 3 is 2.52 bits per heavy atom.